The van der Waals surface area contributed by atoms with Crippen molar-refractivity contribution in [1.82, 2.24) is 9.78 Å². The number of aryl methyl sites for hydroxylation is 3. The first kappa shape index (κ1) is 15.1. The number of rotatable bonds is 3. The number of benzene rings is 1. The first-order chi connectivity index (χ1) is 10.4. The summed E-state index contributed by atoms with van der Waals surface area (Å²) in [6.45, 7) is 2.52. The third kappa shape index (κ3) is 3.03. The third-order valence-corrected chi connectivity index (χ3v) is 4.26. The molecule has 0 radical (unpaired) electrons. The molecule has 1 aromatic carbocycles. The quantitative estimate of drug-likeness (QED) is 0.825. The molecular formula is C17H19F3N2. The van der Waals surface area contributed by atoms with Gasteiger partial charge in [0.25, 0.3) is 0 Å². The molecule has 1 heterocycles. The van der Waals surface area contributed by atoms with E-state index in [1.807, 2.05) is 31.2 Å². The summed E-state index contributed by atoms with van der Waals surface area (Å²) in [6, 6.07) is 8.09. The second kappa shape index (κ2) is 5.78. The van der Waals surface area contributed by atoms with Crippen molar-refractivity contribution in [2.24, 2.45) is 0 Å². The fourth-order valence-corrected chi connectivity index (χ4v) is 3.07. The van der Waals surface area contributed by atoms with E-state index in [0.29, 0.717) is 31.4 Å². The molecule has 0 spiro atoms. The molecular weight excluding hydrogens is 289 g/mol. The van der Waals surface area contributed by atoms with Crippen LogP contribution in [0.2, 0.25) is 0 Å². The lowest BCUT2D eigenvalue weighted by Gasteiger charge is -2.14. The van der Waals surface area contributed by atoms with Gasteiger partial charge in [-0.1, -0.05) is 29.8 Å². The molecule has 0 aliphatic heterocycles. The van der Waals surface area contributed by atoms with Gasteiger partial charge in [0.05, 0.1) is 0 Å². The molecule has 1 aromatic heterocycles. The molecule has 0 atom stereocenters. The average Bonchev–Trinajstić information content (AvgIpc) is 2.86. The van der Waals surface area contributed by atoms with E-state index in [2.05, 4.69) is 5.10 Å². The van der Waals surface area contributed by atoms with Crippen LogP contribution in [0.15, 0.2) is 24.3 Å². The second-order valence-corrected chi connectivity index (χ2v) is 5.94. The van der Waals surface area contributed by atoms with E-state index in [9.17, 15) is 13.2 Å². The van der Waals surface area contributed by atoms with Gasteiger partial charge in [-0.3, -0.25) is 4.68 Å². The highest BCUT2D eigenvalue weighted by Crippen LogP contribution is 2.35. The molecule has 3 rings (SSSR count). The first-order valence-corrected chi connectivity index (χ1v) is 7.66. The minimum atomic E-state index is -4.35. The van der Waals surface area contributed by atoms with Gasteiger partial charge < -0.3 is 0 Å². The Bertz CT molecular complexity index is 654. The Labute approximate surface area is 128 Å². The van der Waals surface area contributed by atoms with Crippen molar-refractivity contribution in [2.45, 2.75) is 51.7 Å². The maximum absolute atomic E-state index is 13.1. The van der Waals surface area contributed by atoms with Gasteiger partial charge in [0, 0.05) is 17.8 Å². The Kier molecular flexibility index (Phi) is 3.98. The molecule has 0 saturated heterocycles. The monoisotopic (exact) mass is 308 g/mol. The van der Waals surface area contributed by atoms with E-state index in [0.717, 1.165) is 24.1 Å². The first-order valence-electron chi connectivity index (χ1n) is 7.66. The maximum atomic E-state index is 13.1. The topological polar surface area (TPSA) is 17.8 Å². The smallest absolute Gasteiger partial charge is 0.268 e. The van der Waals surface area contributed by atoms with Crippen LogP contribution in [0.4, 0.5) is 13.2 Å². The van der Waals surface area contributed by atoms with Crippen molar-refractivity contribution in [3.63, 3.8) is 0 Å². The molecule has 0 fully saturated rings. The molecule has 118 valence electrons. The molecule has 0 bridgehead atoms. The van der Waals surface area contributed by atoms with Crippen LogP contribution in [-0.4, -0.2) is 9.78 Å². The van der Waals surface area contributed by atoms with Gasteiger partial charge in [0.2, 0.25) is 0 Å². The minimum absolute atomic E-state index is 0.419. The molecule has 1 aliphatic rings. The summed E-state index contributed by atoms with van der Waals surface area (Å²) < 4.78 is 40.9. The highest BCUT2D eigenvalue weighted by Gasteiger charge is 2.39. The van der Waals surface area contributed by atoms with Crippen LogP contribution in [-0.2, 0) is 32.0 Å². The number of hydrogen-bond acceptors (Lipinski definition) is 1. The minimum Gasteiger partial charge on any atom is -0.268 e. The molecule has 0 unspecified atom stereocenters. The lowest BCUT2D eigenvalue weighted by Crippen LogP contribution is -2.11. The van der Waals surface area contributed by atoms with E-state index < -0.39 is 11.9 Å². The van der Waals surface area contributed by atoms with E-state index in [4.69, 9.17) is 0 Å². The van der Waals surface area contributed by atoms with Crippen LogP contribution in [0.5, 0.6) is 0 Å². The van der Waals surface area contributed by atoms with Crippen LogP contribution in [0.3, 0.4) is 0 Å². The lowest BCUT2D eigenvalue weighted by molar-refractivity contribution is -0.142. The van der Waals surface area contributed by atoms with Gasteiger partial charge in [-0.2, -0.15) is 18.3 Å². The fraction of sp³-hybridized carbons (Fsp3) is 0.471. The van der Waals surface area contributed by atoms with Crippen LogP contribution in [0.1, 0.15) is 40.9 Å². The van der Waals surface area contributed by atoms with E-state index >= 15 is 0 Å². The third-order valence-electron chi connectivity index (χ3n) is 4.26. The van der Waals surface area contributed by atoms with E-state index in [1.54, 1.807) is 4.68 Å². The Hall–Kier alpha value is -1.78. The Morgan fingerprint density at radius 2 is 1.77 bits per heavy atom. The highest BCUT2D eigenvalue weighted by molar-refractivity contribution is 5.31. The van der Waals surface area contributed by atoms with Gasteiger partial charge in [0.1, 0.15) is 0 Å². The largest absolute Gasteiger partial charge is 0.435 e. The molecule has 0 amide bonds. The lowest BCUT2D eigenvalue weighted by atomic mass is 9.95. The molecule has 1 aliphatic carbocycles. The van der Waals surface area contributed by atoms with Crippen molar-refractivity contribution in [2.75, 3.05) is 0 Å². The molecule has 2 nitrogen and oxygen atoms in total. The van der Waals surface area contributed by atoms with Gasteiger partial charge in [-0.05, 0) is 44.6 Å². The van der Waals surface area contributed by atoms with Crippen LogP contribution < -0.4 is 0 Å². The predicted molar refractivity (Wildman–Crippen MR) is 78.8 cm³/mol. The van der Waals surface area contributed by atoms with E-state index in [-0.39, 0.29) is 0 Å². The fourth-order valence-electron chi connectivity index (χ4n) is 3.07. The summed E-state index contributed by atoms with van der Waals surface area (Å²) in [5.41, 5.74) is 2.83. The standard InChI is InChI=1S/C17H19F3N2/c1-12-6-8-13(9-7-12)10-11-22-15-5-3-2-4-14(15)16(21-22)17(18,19)20/h6-9H,2-5,10-11H2,1H3. The summed E-state index contributed by atoms with van der Waals surface area (Å²) in [7, 11) is 0. The maximum Gasteiger partial charge on any atom is 0.435 e. The number of nitrogens with zero attached hydrogens (tertiary/aromatic N) is 2. The Balaban J connectivity index is 1.84. The molecule has 5 heteroatoms. The summed E-state index contributed by atoms with van der Waals surface area (Å²) in [6.07, 6.45) is -0.691. The van der Waals surface area contributed by atoms with Gasteiger partial charge in [0.15, 0.2) is 5.69 Å². The zero-order chi connectivity index (χ0) is 15.7. The van der Waals surface area contributed by atoms with Crippen molar-refractivity contribution >= 4 is 0 Å². The number of alkyl halides is 3. The summed E-state index contributed by atoms with van der Waals surface area (Å²) in [4.78, 5) is 0. The normalized spacial score (nSPS) is 14.9. The highest BCUT2D eigenvalue weighted by atomic mass is 19.4. The average molecular weight is 308 g/mol. The van der Waals surface area contributed by atoms with Gasteiger partial charge >= 0.3 is 6.18 Å². The summed E-state index contributed by atoms with van der Waals surface area (Å²) >= 11 is 0. The van der Waals surface area contributed by atoms with Gasteiger partial charge in [-0.15, -0.1) is 0 Å². The number of fused-ring (bicyclic) bond motifs is 1. The summed E-state index contributed by atoms with van der Waals surface area (Å²) in [5.74, 6) is 0. The van der Waals surface area contributed by atoms with Crippen LogP contribution >= 0.6 is 0 Å². The zero-order valence-electron chi connectivity index (χ0n) is 12.6. The SMILES string of the molecule is Cc1ccc(CCn2nc(C(F)(F)F)c3c2CCCC3)cc1. The second-order valence-electron chi connectivity index (χ2n) is 5.94. The Morgan fingerprint density at radius 1 is 1.09 bits per heavy atom. The number of hydrogen-bond donors (Lipinski definition) is 0. The van der Waals surface area contributed by atoms with Crippen molar-refractivity contribution in [1.29, 1.82) is 0 Å². The number of halogens is 3. The predicted octanol–water partition coefficient (Wildman–Crippen LogP) is 4.33. The van der Waals surface area contributed by atoms with Gasteiger partial charge in [-0.25, -0.2) is 0 Å². The zero-order valence-corrected chi connectivity index (χ0v) is 12.6. The molecule has 0 N–H and O–H groups in total. The molecule has 0 saturated carbocycles. The molecule has 22 heavy (non-hydrogen) atoms. The Morgan fingerprint density at radius 3 is 2.45 bits per heavy atom. The molecule has 2 aromatic rings. The van der Waals surface area contributed by atoms with E-state index in [1.165, 1.54) is 5.56 Å². The van der Waals surface area contributed by atoms with Crippen molar-refractivity contribution in [3.8, 4) is 0 Å². The van der Waals surface area contributed by atoms with Crippen molar-refractivity contribution in [3.05, 3.63) is 52.3 Å². The van der Waals surface area contributed by atoms with Crippen LogP contribution in [0.25, 0.3) is 0 Å². The number of aromatic nitrogens is 2. The summed E-state index contributed by atoms with van der Waals surface area (Å²) in [5, 5.41) is 3.89. The van der Waals surface area contributed by atoms with Crippen LogP contribution in [0, 0.1) is 6.92 Å². The van der Waals surface area contributed by atoms with Crippen molar-refractivity contribution < 1.29 is 13.2 Å².